The van der Waals surface area contributed by atoms with E-state index < -0.39 is 0 Å². The SMILES string of the molecule is Cc1ccccc1-c1nc(C)c(C(=O)N2CCC(N3CCCCCC3)CC2)s1. The van der Waals surface area contributed by atoms with Crippen LogP contribution in [0.15, 0.2) is 24.3 Å². The van der Waals surface area contributed by atoms with Gasteiger partial charge in [-0.3, -0.25) is 4.79 Å². The summed E-state index contributed by atoms with van der Waals surface area (Å²) in [7, 11) is 0. The molecule has 150 valence electrons. The number of aryl methyl sites for hydroxylation is 2. The number of benzene rings is 1. The molecule has 0 radical (unpaired) electrons. The van der Waals surface area contributed by atoms with Crippen molar-refractivity contribution < 1.29 is 4.79 Å². The lowest BCUT2D eigenvalue weighted by atomic mass is 10.0. The predicted octanol–water partition coefficient (Wildman–Crippen LogP) is 4.91. The van der Waals surface area contributed by atoms with Gasteiger partial charge in [-0.05, 0) is 58.2 Å². The first-order chi connectivity index (χ1) is 13.6. The first kappa shape index (κ1) is 19.6. The van der Waals surface area contributed by atoms with Crippen molar-refractivity contribution in [2.24, 2.45) is 0 Å². The fraction of sp³-hybridized carbons (Fsp3) is 0.565. The summed E-state index contributed by atoms with van der Waals surface area (Å²) in [4.78, 5) is 23.4. The summed E-state index contributed by atoms with van der Waals surface area (Å²) in [5.74, 6) is 0.171. The molecule has 0 bridgehead atoms. The molecule has 28 heavy (non-hydrogen) atoms. The Morgan fingerprint density at radius 2 is 1.68 bits per heavy atom. The number of carbonyl (C=O) groups is 1. The third-order valence-corrected chi connectivity index (χ3v) is 7.45. The van der Waals surface area contributed by atoms with E-state index in [1.165, 1.54) is 44.3 Å². The predicted molar refractivity (Wildman–Crippen MR) is 116 cm³/mol. The van der Waals surface area contributed by atoms with E-state index in [0.717, 1.165) is 47.1 Å². The molecule has 0 spiro atoms. The number of likely N-dealkylation sites (tertiary alicyclic amines) is 2. The van der Waals surface area contributed by atoms with Gasteiger partial charge < -0.3 is 9.80 Å². The Morgan fingerprint density at radius 3 is 2.36 bits per heavy atom. The molecule has 2 aliphatic heterocycles. The number of hydrogen-bond donors (Lipinski definition) is 0. The van der Waals surface area contributed by atoms with Gasteiger partial charge in [-0.1, -0.05) is 37.1 Å². The lowest BCUT2D eigenvalue weighted by molar-refractivity contribution is 0.0626. The molecule has 0 N–H and O–H groups in total. The van der Waals surface area contributed by atoms with Gasteiger partial charge in [0, 0.05) is 24.7 Å². The molecule has 0 aliphatic carbocycles. The van der Waals surface area contributed by atoms with Crippen LogP contribution in [0.4, 0.5) is 0 Å². The minimum Gasteiger partial charge on any atom is -0.338 e. The summed E-state index contributed by atoms with van der Waals surface area (Å²) in [5.41, 5.74) is 3.20. The second-order valence-electron chi connectivity index (χ2n) is 8.22. The summed E-state index contributed by atoms with van der Waals surface area (Å²) in [6, 6.07) is 8.93. The van der Waals surface area contributed by atoms with Crippen molar-refractivity contribution in [3.05, 3.63) is 40.4 Å². The summed E-state index contributed by atoms with van der Waals surface area (Å²) in [6.45, 7) is 8.30. The summed E-state index contributed by atoms with van der Waals surface area (Å²) in [5, 5.41) is 0.957. The molecule has 5 heteroatoms. The molecule has 2 aromatic rings. The summed E-state index contributed by atoms with van der Waals surface area (Å²) in [6.07, 6.45) is 7.63. The largest absolute Gasteiger partial charge is 0.338 e. The van der Waals surface area contributed by atoms with E-state index >= 15 is 0 Å². The number of carbonyl (C=O) groups excluding carboxylic acids is 1. The van der Waals surface area contributed by atoms with Gasteiger partial charge in [-0.2, -0.15) is 0 Å². The van der Waals surface area contributed by atoms with Crippen LogP contribution < -0.4 is 0 Å². The van der Waals surface area contributed by atoms with E-state index in [1.54, 1.807) is 11.3 Å². The molecule has 4 rings (SSSR count). The molecule has 2 saturated heterocycles. The molecular formula is C23H31N3OS. The fourth-order valence-electron chi connectivity index (χ4n) is 4.56. The Hall–Kier alpha value is -1.72. The standard InChI is InChI=1S/C23H31N3OS/c1-17-9-5-6-10-20(17)22-24-18(2)21(28-22)23(27)26-15-11-19(12-16-26)25-13-7-3-4-8-14-25/h5-6,9-10,19H,3-4,7-8,11-16H2,1-2H3. The first-order valence-corrected chi connectivity index (χ1v) is 11.5. The highest BCUT2D eigenvalue weighted by molar-refractivity contribution is 7.17. The smallest absolute Gasteiger partial charge is 0.265 e. The van der Waals surface area contributed by atoms with Gasteiger partial charge in [0.05, 0.1) is 5.69 Å². The van der Waals surface area contributed by atoms with Crippen molar-refractivity contribution in [2.45, 2.75) is 58.4 Å². The van der Waals surface area contributed by atoms with Crippen molar-refractivity contribution >= 4 is 17.2 Å². The van der Waals surface area contributed by atoms with Crippen LogP contribution in [-0.4, -0.2) is 52.9 Å². The maximum absolute atomic E-state index is 13.2. The highest BCUT2D eigenvalue weighted by Crippen LogP contribution is 2.31. The van der Waals surface area contributed by atoms with Crippen LogP contribution in [0.1, 0.15) is 59.5 Å². The number of amides is 1. The Labute approximate surface area is 172 Å². The van der Waals surface area contributed by atoms with Crippen molar-refractivity contribution in [2.75, 3.05) is 26.2 Å². The number of aromatic nitrogens is 1. The maximum Gasteiger partial charge on any atom is 0.265 e. The molecule has 1 aromatic heterocycles. The van der Waals surface area contributed by atoms with Crippen molar-refractivity contribution in [3.8, 4) is 10.6 Å². The monoisotopic (exact) mass is 397 g/mol. The molecule has 3 heterocycles. The van der Waals surface area contributed by atoms with Gasteiger partial charge in [-0.15, -0.1) is 11.3 Å². The molecule has 1 amide bonds. The van der Waals surface area contributed by atoms with Gasteiger partial charge in [0.1, 0.15) is 9.88 Å². The highest BCUT2D eigenvalue weighted by atomic mass is 32.1. The zero-order chi connectivity index (χ0) is 19.5. The van der Waals surface area contributed by atoms with E-state index in [-0.39, 0.29) is 5.91 Å². The van der Waals surface area contributed by atoms with Crippen LogP contribution in [0.5, 0.6) is 0 Å². The average molecular weight is 398 g/mol. The number of rotatable bonds is 3. The van der Waals surface area contributed by atoms with E-state index in [2.05, 4.69) is 28.9 Å². The Morgan fingerprint density at radius 1 is 1.00 bits per heavy atom. The van der Waals surface area contributed by atoms with Crippen molar-refractivity contribution in [1.82, 2.24) is 14.8 Å². The number of nitrogens with zero attached hydrogens (tertiary/aromatic N) is 3. The minimum absolute atomic E-state index is 0.171. The Kier molecular flexibility index (Phi) is 6.12. The van der Waals surface area contributed by atoms with Crippen LogP contribution in [0.3, 0.4) is 0 Å². The zero-order valence-electron chi connectivity index (χ0n) is 17.1. The summed E-state index contributed by atoms with van der Waals surface area (Å²) < 4.78 is 0. The van der Waals surface area contributed by atoms with Gasteiger partial charge in [0.15, 0.2) is 0 Å². The van der Waals surface area contributed by atoms with E-state index in [9.17, 15) is 4.79 Å². The average Bonchev–Trinajstić information content (AvgIpc) is 2.92. The third kappa shape index (κ3) is 4.15. The van der Waals surface area contributed by atoms with Crippen LogP contribution >= 0.6 is 11.3 Å². The second kappa shape index (κ2) is 8.75. The second-order valence-corrected chi connectivity index (χ2v) is 9.22. The fourth-order valence-corrected chi connectivity index (χ4v) is 5.69. The third-order valence-electron chi connectivity index (χ3n) is 6.28. The van der Waals surface area contributed by atoms with E-state index in [1.807, 2.05) is 19.1 Å². The first-order valence-electron chi connectivity index (χ1n) is 10.7. The normalized spacial score (nSPS) is 19.6. The molecule has 0 saturated carbocycles. The Bertz CT molecular complexity index is 815. The van der Waals surface area contributed by atoms with Crippen molar-refractivity contribution in [1.29, 1.82) is 0 Å². The number of hydrogen-bond acceptors (Lipinski definition) is 4. The maximum atomic E-state index is 13.2. The van der Waals surface area contributed by atoms with E-state index in [4.69, 9.17) is 4.98 Å². The number of piperidine rings is 1. The lowest BCUT2D eigenvalue weighted by Crippen LogP contribution is -2.47. The van der Waals surface area contributed by atoms with Gasteiger partial charge >= 0.3 is 0 Å². The van der Waals surface area contributed by atoms with Gasteiger partial charge in [0.2, 0.25) is 0 Å². The van der Waals surface area contributed by atoms with Crippen LogP contribution in [0.2, 0.25) is 0 Å². The lowest BCUT2D eigenvalue weighted by Gasteiger charge is -2.38. The van der Waals surface area contributed by atoms with Crippen molar-refractivity contribution in [3.63, 3.8) is 0 Å². The van der Waals surface area contributed by atoms with Gasteiger partial charge in [-0.25, -0.2) is 4.98 Å². The topological polar surface area (TPSA) is 36.4 Å². The minimum atomic E-state index is 0.171. The molecule has 2 aliphatic rings. The quantitative estimate of drug-likeness (QED) is 0.738. The van der Waals surface area contributed by atoms with Crippen LogP contribution in [0.25, 0.3) is 10.6 Å². The molecule has 2 fully saturated rings. The molecular weight excluding hydrogens is 366 g/mol. The van der Waals surface area contributed by atoms with Crippen LogP contribution in [0, 0.1) is 13.8 Å². The molecule has 4 nitrogen and oxygen atoms in total. The molecule has 1 aromatic carbocycles. The van der Waals surface area contributed by atoms with Crippen LogP contribution in [-0.2, 0) is 0 Å². The zero-order valence-corrected chi connectivity index (χ0v) is 17.9. The number of thiazole rings is 1. The summed E-state index contributed by atoms with van der Waals surface area (Å²) >= 11 is 1.55. The van der Waals surface area contributed by atoms with E-state index in [0.29, 0.717) is 6.04 Å². The molecule has 0 atom stereocenters. The Balaban J connectivity index is 1.42. The highest BCUT2D eigenvalue weighted by Gasteiger charge is 2.29. The molecule has 0 unspecified atom stereocenters. The van der Waals surface area contributed by atoms with Gasteiger partial charge in [0.25, 0.3) is 5.91 Å².